The van der Waals surface area contributed by atoms with Crippen molar-refractivity contribution in [3.63, 3.8) is 0 Å². The van der Waals surface area contributed by atoms with Crippen LogP contribution in [-0.4, -0.2) is 28.8 Å². The topological polar surface area (TPSA) is 66.4 Å². The summed E-state index contributed by atoms with van der Waals surface area (Å²) in [6.45, 7) is 1.75. The first-order chi connectivity index (χ1) is 8.56. The highest BCUT2D eigenvalue weighted by Crippen LogP contribution is 2.14. The minimum Gasteiger partial charge on any atom is -0.480 e. The van der Waals surface area contributed by atoms with Crippen LogP contribution in [-0.2, 0) is 9.59 Å². The SMILES string of the molecule is CC(C(=O)N[C@@H](CCS)C(=O)O)c1ccccc1. The Morgan fingerprint density at radius 2 is 1.94 bits per heavy atom. The van der Waals surface area contributed by atoms with E-state index in [0.717, 1.165) is 5.56 Å². The van der Waals surface area contributed by atoms with Gasteiger partial charge in [0.15, 0.2) is 0 Å². The molecule has 18 heavy (non-hydrogen) atoms. The zero-order chi connectivity index (χ0) is 13.5. The highest BCUT2D eigenvalue weighted by Gasteiger charge is 2.22. The maximum absolute atomic E-state index is 11.9. The van der Waals surface area contributed by atoms with E-state index in [9.17, 15) is 9.59 Å². The molecule has 0 saturated carbocycles. The van der Waals surface area contributed by atoms with Crippen molar-refractivity contribution in [2.24, 2.45) is 0 Å². The van der Waals surface area contributed by atoms with Gasteiger partial charge in [0, 0.05) is 0 Å². The van der Waals surface area contributed by atoms with Crippen LogP contribution in [0.3, 0.4) is 0 Å². The van der Waals surface area contributed by atoms with Crippen molar-refractivity contribution in [1.82, 2.24) is 5.32 Å². The van der Waals surface area contributed by atoms with Gasteiger partial charge in [0.2, 0.25) is 5.91 Å². The number of carbonyl (C=O) groups excluding carboxylic acids is 1. The van der Waals surface area contributed by atoms with Gasteiger partial charge in [-0.1, -0.05) is 30.3 Å². The van der Waals surface area contributed by atoms with Gasteiger partial charge in [-0.05, 0) is 24.7 Å². The summed E-state index contributed by atoms with van der Waals surface area (Å²) in [5, 5.41) is 11.5. The number of hydrogen-bond donors (Lipinski definition) is 3. The highest BCUT2D eigenvalue weighted by molar-refractivity contribution is 7.80. The number of thiol groups is 1. The van der Waals surface area contributed by atoms with Gasteiger partial charge < -0.3 is 10.4 Å². The molecular weight excluding hydrogens is 250 g/mol. The zero-order valence-corrected chi connectivity index (χ0v) is 11.1. The van der Waals surface area contributed by atoms with Gasteiger partial charge >= 0.3 is 5.97 Å². The molecule has 2 atom stereocenters. The Labute approximate surface area is 112 Å². The number of aliphatic carboxylic acids is 1. The van der Waals surface area contributed by atoms with E-state index in [1.165, 1.54) is 0 Å². The molecule has 0 saturated heterocycles. The van der Waals surface area contributed by atoms with E-state index >= 15 is 0 Å². The fourth-order valence-corrected chi connectivity index (χ4v) is 1.83. The molecule has 0 radical (unpaired) electrons. The van der Waals surface area contributed by atoms with Gasteiger partial charge in [-0.15, -0.1) is 0 Å². The van der Waals surface area contributed by atoms with Crippen molar-refractivity contribution in [2.75, 3.05) is 5.75 Å². The van der Waals surface area contributed by atoms with Gasteiger partial charge in [0.1, 0.15) is 6.04 Å². The Morgan fingerprint density at radius 3 is 2.44 bits per heavy atom. The quantitative estimate of drug-likeness (QED) is 0.687. The summed E-state index contributed by atoms with van der Waals surface area (Å²) in [6.07, 6.45) is 0.311. The average molecular weight is 267 g/mol. The average Bonchev–Trinajstić information content (AvgIpc) is 2.38. The molecule has 98 valence electrons. The number of carbonyl (C=O) groups is 2. The maximum Gasteiger partial charge on any atom is 0.326 e. The summed E-state index contributed by atoms with van der Waals surface area (Å²) in [5.41, 5.74) is 0.866. The lowest BCUT2D eigenvalue weighted by Gasteiger charge is -2.17. The van der Waals surface area contributed by atoms with Crippen molar-refractivity contribution < 1.29 is 14.7 Å². The van der Waals surface area contributed by atoms with E-state index in [0.29, 0.717) is 12.2 Å². The lowest BCUT2D eigenvalue weighted by atomic mass is 10.00. The fraction of sp³-hybridized carbons (Fsp3) is 0.385. The Bertz CT molecular complexity index is 408. The van der Waals surface area contributed by atoms with Crippen molar-refractivity contribution in [3.8, 4) is 0 Å². The molecule has 4 nitrogen and oxygen atoms in total. The Morgan fingerprint density at radius 1 is 1.33 bits per heavy atom. The normalized spacial score (nSPS) is 13.7. The van der Waals surface area contributed by atoms with E-state index in [2.05, 4.69) is 17.9 Å². The minimum absolute atomic E-state index is 0.282. The first-order valence-electron chi connectivity index (χ1n) is 5.75. The third kappa shape index (κ3) is 4.07. The molecule has 0 aliphatic heterocycles. The van der Waals surface area contributed by atoms with Gasteiger partial charge in [0.05, 0.1) is 5.92 Å². The van der Waals surface area contributed by atoms with Crippen LogP contribution in [0.1, 0.15) is 24.8 Å². The molecule has 1 amide bonds. The summed E-state index contributed by atoms with van der Waals surface area (Å²) in [7, 11) is 0. The number of amides is 1. The third-order valence-electron chi connectivity index (χ3n) is 2.73. The molecular formula is C13H17NO3S. The molecule has 0 heterocycles. The van der Waals surface area contributed by atoms with Crippen LogP contribution in [0.5, 0.6) is 0 Å². The molecule has 0 bridgehead atoms. The second kappa shape index (κ2) is 7.06. The standard InChI is InChI=1S/C13H17NO3S/c1-9(10-5-3-2-4-6-10)12(15)14-11(7-8-18)13(16)17/h2-6,9,11,18H,7-8H2,1H3,(H,14,15)(H,16,17)/t9?,11-/m0/s1. The number of rotatable bonds is 6. The maximum atomic E-state index is 11.9. The van der Waals surface area contributed by atoms with E-state index in [-0.39, 0.29) is 11.8 Å². The van der Waals surface area contributed by atoms with Gasteiger partial charge in [-0.25, -0.2) is 4.79 Å². The highest BCUT2D eigenvalue weighted by atomic mass is 32.1. The third-order valence-corrected chi connectivity index (χ3v) is 2.98. The summed E-state index contributed by atoms with van der Waals surface area (Å²) in [5.74, 6) is -1.27. The number of carboxylic acids is 1. The zero-order valence-electron chi connectivity index (χ0n) is 10.2. The molecule has 0 spiro atoms. The Hall–Kier alpha value is -1.49. The smallest absolute Gasteiger partial charge is 0.326 e. The fourth-order valence-electron chi connectivity index (χ4n) is 1.58. The van der Waals surface area contributed by atoms with Crippen LogP contribution in [0.4, 0.5) is 0 Å². The molecule has 1 aromatic carbocycles. The van der Waals surface area contributed by atoms with Gasteiger partial charge in [0.25, 0.3) is 0 Å². The van der Waals surface area contributed by atoms with Crippen molar-refractivity contribution in [3.05, 3.63) is 35.9 Å². The summed E-state index contributed by atoms with van der Waals surface area (Å²) in [6, 6.07) is 8.39. The van der Waals surface area contributed by atoms with Crippen LogP contribution in [0.25, 0.3) is 0 Å². The van der Waals surface area contributed by atoms with Crippen molar-refractivity contribution >= 4 is 24.5 Å². The predicted molar refractivity (Wildman–Crippen MR) is 72.9 cm³/mol. The molecule has 0 aliphatic carbocycles. The lowest BCUT2D eigenvalue weighted by Crippen LogP contribution is -2.42. The summed E-state index contributed by atoms with van der Waals surface area (Å²) >= 11 is 3.98. The molecule has 0 fully saturated rings. The van der Waals surface area contributed by atoms with Crippen LogP contribution in [0.2, 0.25) is 0 Å². The van der Waals surface area contributed by atoms with Crippen LogP contribution >= 0.6 is 12.6 Å². The van der Waals surface area contributed by atoms with Crippen molar-refractivity contribution in [1.29, 1.82) is 0 Å². The Balaban J connectivity index is 2.67. The van der Waals surface area contributed by atoms with Gasteiger partial charge in [-0.2, -0.15) is 12.6 Å². The van der Waals surface area contributed by atoms with E-state index < -0.39 is 12.0 Å². The number of benzene rings is 1. The van der Waals surface area contributed by atoms with E-state index in [1.54, 1.807) is 6.92 Å². The molecule has 5 heteroatoms. The predicted octanol–water partition coefficient (Wildman–Crippen LogP) is 1.68. The summed E-state index contributed by atoms with van der Waals surface area (Å²) < 4.78 is 0. The second-order valence-electron chi connectivity index (χ2n) is 4.04. The first kappa shape index (κ1) is 14.6. The second-order valence-corrected chi connectivity index (χ2v) is 4.49. The molecule has 1 unspecified atom stereocenters. The number of carboxylic acid groups (broad SMARTS) is 1. The first-order valence-corrected chi connectivity index (χ1v) is 6.38. The van der Waals surface area contributed by atoms with Crippen LogP contribution in [0.15, 0.2) is 30.3 Å². The Kier molecular flexibility index (Phi) is 5.71. The summed E-state index contributed by atoms with van der Waals surface area (Å²) in [4.78, 5) is 22.9. The van der Waals surface area contributed by atoms with E-state index in [1.807, 2.05) is 30.3 Å². The van der Waals surface area contributed by atoms with E-state index in [4.69, 9.17) is 5.11 Å². The molecule has 2 N–H and O–H groups in total. The number of nitrogens with one attached hydrogen (secondary N) is 1. The van der Waals surface area contributed by atoms with Crippen molar-refractivity contribution in [2.45, 2.75) is 25.3 Å². The monoisotopic (exact) mass is 267 g/mol. The molecule has 1 aromatic rings. The number of hydrogen-bond acceptors (Lipinski definition) is 3. The molecule has 0 aromatic heterocycles. The molecule has 1 rings (SSSR count). The lowest BCUT2D eigenvalue weighted by molar-refractivity contribution is -0.142. The van der Waals surface area contributed by atoms with Crippen LogP contribution in [0, 0.1) is 0 Å². The van der Waals surface area contributed by atoms with Gasteiger partial charge in [-0.3, -0.25) is 4.79 Å². The van der Waals surface area contributed by atoms with Crippen LogP contribution < -0.4 is 5.32 Å². The minimum atomic E-state index is -1.03. The molecule has 0 aliphatic rings. The largest absolute Gasteiger partial charge is 0.480 e.